The minimum atomic E-state index is -1.01. The van der Waals surface area contributed by atoms with E-state index in [1.807, 2.05) is 44.3 Å². The minimum absolute atomic E-state index is 0.227. The fourth-order valence-corrected chi connectivity index (χ4v) is 3.41. The van der Waals surface area contributed by atoms with Crippen LogP contribution in [0.4, 0.5) is 9.18 Å². The average Bonchev–Trinajstić information content (AvgIpc) is 2.89. The predicted molar refractivity (Wildman–Crippen MR) is 95.6 cm³/mol. The van der Waals surface area contributed by atoms with Gasteiger partial charge in [0.2, 0.25) is 0 Å². The molecule has 2 aromatic carbocycles. The lowest BCUT2D eigenvalue weighted by atomic mass is 9.87. The van der Waals surface area contributed by atoms with Gasteiger partial charge in [0.1, 0.15) is 17.9 Å². The largest absolute Gasteiger partial charge is 0.329 e. The van der Waals surface area contributed by atoms with Crippen molar-refractivity contribution < 1.29 is 18.9 Å². The van der Waals surface area contributed by atoms with E-state index in [1.165, 1.54) is 17.0 Å². The Kier molecular flexibility index (Phi) is 5.04. The lowest BCUT2D eigenvalue weighted by Crippen LogP contribution is -3.09. The van der Waals surface area contributed by atoms with Crippen molar-refractivity contribution in [3.8, 4) is 0 Å². The first kappa shape index (κ1) is 18.1. The normalized spacial score (nSPS) is 21.0. The number of quaternary nitrogens is 1. The number of urea groups is 1. The number of hydrogen-bond acceptors (Lipinski definition) is 2. The second-order valence-electron chi connectivity index (χ2n) is 6.71. The van der Waals surface area contributed by atoms with Crippen molar-refractivity contribution in [2.24, 2.45) is 0 Å². The quantitative estimate of drug-likeness (QED) is 0.774. The molecule has 2 atom stereocenters. The van der Waals surface area contributed by atoms with E-state index in [0.717, 1.165) is 16.0 Å². The summed E-state index contributed by atoms with van der Waals surface area (Å²) in [5.74, 6) is -0.509. The molecule has 2 aromatic rings. The summed E-state index contributed by atoms with van der Waals surface area (Å²) in [5, 5.41) is 2.88. The number of imide groups is 1. The Bertz CT molecular complexity index is 794. The molecule has 0 spiro atoms. The summed E-state index contributed by atoms with van der Waals surface area (Å²) in [6, 6.07) is 15.2. The van der Waals surface area contributed by atoms with Crippen molar-refractivity contribution in [3.63, 3.8) is 0 Å². The topological polar surface area (TPSA) is 53.9 Å². The third-order valence-electron chi connectivity index (χ3n) is 4.82. The predicted octanol–water partition coefficient (Wildman–Crippen LogP) is 1.66. The number of carbonyl (C=O) groups is 2. The number of hydrogen-bond donors (Lipinski definition) is 2. The molecule has 3 amide bonds. The van der Waals surface area contributed by atoms with Gasteiger partial charge in [-0.15, -0.1) is 0 Å². The standard InChI is InChI=1S/C20H22FN3O2/c1-3-20(16-7-5-4-6-8-16)18(25)24(19(26)22-20)14-23(2)13-15-9-11-17(21)12-10-15/h4-12H,3,13-14H2,1-2H3,(H,22,26)/p+1/t20-/m0/s1. The number of nitrogens with one attached hydrogen (secondary N) is 2. The highest BCUT2D eigenvalue weighted by molar-refractivity contribution is 6.07. The van der Waals surface area contributed by atoms with E-state index in [-0.39, 0.29) is 24.4 Å². The molecule has 0 aromatic heterocycles. The molecular formula is C20H23FN3O2+. The van der Waals surface area contributed by atoms with Crippen LogP contribution in [0.15, 0.2) is 54.6 Å². The van der Waals surface area contributed by atoms with Gasteiger partial charge >= 0.3 is 6.03 Å². The summed E-state index contributed by atoms with van der Waals surface area (Å²) in [6.45, 7) is 2.72. The maximum atomic E-state index is 13.1. The molecule has 0 bridgehead atoms. The molecule has 6 heteroatoms. The van der Waals surface area contributed by atoms with E-state index in [2.05, 4.69) is 5.32 Å². The number of rotatable bonds is 6. The van der Waals surface area contributed by atoms with Crippen molar-refractivity contribution in [2.45, 2.75) is 25.4 Å². The first-order chi connectivity index (χ1) is 12.5. The van der Waals surface area contributed by atoms with Gasteiger partial charge in [-0.25, -0.2) is 14.1 Å². The summed E-state index contributed by atoms with van der Waals surface area (Å²) in [7, 11) is 1.90. The fourth-order valence-electron chi connectivity index (χ4n) is 3.41. The highest BCUT2D eigenvalue weighted by Crippen LogP contribution is 2.31. The van der Waals surface area contributed by atoms with Gasteiger partial charge in [-0.05, 0) is 24.1 Å². The van der Waals surface area contributed by atoms with Crippen LogP contribution in [0, 0.1) is 5.82 Å². The second-order valence-corrected chi connectivity index (χ2v) is 6.71. The highest BCUT2D eigenvalue weighted by atomic mass is 19.1. The third-order valence-corrected chi connectivity index (χ3v) is 4.82. The molecule has 5 nitrogen and oxygen atoms in total. The molecule has 1 unspecified atom stereocenters. The maximum Gasteiger partial charge on any atom is 0.329 e. The van der Waals surface area contributed by atoms with Crippen LogP contribution in [0.3, 0.4) is 0 Å². The van der Waals surface area contributed by atoms with Crippen LogP contribution in [-0.2, 0) is 16.9 Å². The lowest BCUT2D eigenvalue weighted by Gasteiger charge is -2.26. The van der Waals surface area contributed by atoms with Crippen molar-refractivity contribution in [2.75, 3.05) is 13.7 Å². The Hall–Kier alpha value is -2.73. The van der Waals surface area contributed by atoms with Crippen molar-refractivity contribution in [1.82, 2.24) is 10.2 Å². The van der Waals surface area contributed by atoms with Crippen LogP contribution >= 0.6 is 0 Å². The van der Waals surface area contributed by atoms with Gasteiger partial charge in [0.25, 0.3) is 5.91 Å². The van der Waals surface area contributed by atoms with Gasteiger partial charge in [0, 0.05) is 5.56 Å². The van der Waals surface area contributed by atoms with E-state index < -0.39 is 5.54 Å². The van der Waals surface area contributed by atoms with Crippen LogP contribution in [0.1, 0.15) is 24.5 Å². The number of amides is 3. The lowest BCUT2D eigenvalue weighted by molar-refractivity contribution is -0.901. The van der Waals surface area contributed by atoms with Gasteiger partial charge in [0.15, 0.2) is 6.67 Å². The molecular weight excluding hydrogens is 333 g/mol. The first-order valence-electron chi connectivity index (χ1n) is 8.71. The molecule has 2 N–H and O–H groups in total. The minimum Gasteiger partial charge on any atom is -0.319 e. The SMILES string of the molecule is CC[C@@]1(c2ccccc2)NC(=O)N(C[NH+](C)Cc2ccc(F)cc2)C1=O. The van der Waals surface area contributed by atoms with Crippen LogP contribution < -0.4 is 10.2 Å². The first-order valence-corrected chi connectivity index (χ1v) is 8.71. The van der Waals surface area contributed by atoms with E-state index in [4.69, 9.17) is 0 Å². The summed E-state index contributed by atoms with van der Waals surface area (Å²) in [5.41, 5.74) is 0.731. The Labute approximate surface area is 152 Å². The second kappa shape index (κ2) is 7.25. The third kappa shape index (κ3) is 3.32. The molecule has 1 heterocycles. The van der Waals surface area contributed by atoms with Crippen LogP contribution in [0.2, 0.25) is 0 Å². The molecule has 3 rings (SSSR count). The van der Waals surface area contributed by atoms with Crippen LogP contribution in [-0.4, -0.2) is 30.6 Å². The van der Waals surface area contributed by atoms with Crippen molar-refractivity contribution in [3.05, 3.63) is 71.5 Å². The van der Waals surface area contributed by atoms with Crippen LogP contribution in [0.5, 0.6) is 0 Å². The van der Waals surface area contributed by atoms with Gasteiger partial charge in [-0.1, -0.05) is 49.4 Å². The number of benzene rings is 2. The van der Waals surface area contributed by atoms with Crippen molar-refractivity contribution in [1.29, 1.82) is 0 Å². The number of carbonyl (C=O) groups excluding carboxylic acids is 2. The summed E-state index contributed by atoms with van der Waals surface area (Å²) < 4.78 is 13.0. The number of halogens is 1. The van der Waals surface area contributed by atoms with E-state index in [1.54, 1.807) is 12.1 Å². The zero-order valence-corrected chi connectivity index (χ0v) is 15.0. The molecule has 26 heavy (non-hydrogen) atoms. The Morgan fingerprint density at radius 2 is 1.73 bits per heavy atom. The molecule has 0 radical (unpaired) electrons. The molecule has 136 valence electrons. The molecule has 0 aliphatic carbocycles. The molecule has 1 saturated heterocycles. The maximum absolute atomic E-state index is 13.1. The molecule has 1 fully saturated rings. The highest BCUT2D eigenvalue weighted by Gasteiger charge is 2.52. The van der Waals surface area contributed by atoms with Gasteiger partial charge in [-0.2, -0.15) is 0 Å². The monoisotopic (exact) mass is 356 g/mol. The smallest absolute Gasteiger partial charge is 0.319 e. The van der Waals surface area contributed by atoms with Gasteiger partial charge in [-0.3, -0.25) is 4.79 Å². The Morgan fingerprint density at radius 3 is 2.35 bits per heavy atom. The van der Waals surface area contributed by atoms with Gasteiger partial charge < -0.3 is 10.2 Å². The summed E-state index contributed by atoms with van der Waals surface area (Å²) in [6.07, 6.45) is 0.481. The summed E-state index contributed by atoms with van der Waals surface area (Å²) in [4.78, 5) is 27.8. The molecule has 1 aliphatic rings. The van der Waals surface area contributed by atoms with E-state index >= 15 is 0 Å². The fraction of sp³-hybridized carbons (Fsp3) is 0.300. The van der Waals surface area contributed by atoms with E-state index in [0.29, 0.717) is 13.0 Å². The Balaban J connectivity index is 1.75. The molecule has 1 aliphatic heterocycles. The Morgan fingerprint density at radius 1 is 1.08 bits per heavy atom. The number of nitrogens with zero attached hydrogens (tertiary/aromatic N) is 1. The van der Waals surface area contributed by atoms with Gasteiger partial charge in [0.05, 0.1) is 7.05 Å². The zero-order chi connectivity index (χ0) is 18.7. The van der Waals surface area contributed by atoms with Crippen molar-refractivity contribution >= 4 is 11.9 Å². The zero-order valence-electron chi connectivity index (χ0n) is 15.0. The van der Waals surface area contributed by atoms with Crippen LogP contribution in [0.25, 0.3) is 0 Å². The van der Waals surface area contributed by atoms with E-state index in [9.17, 15) is 14.0 Å². The molecule has 0 saturated carbocycles. The average molecular weight is 356 g/mol. The summed E-state index contributed by atoms with van der Waals surface area (Å²) >= 11 is 0.